The number of nitrogens with one attached hydrogen (secondary N) is 2. The highest BCUT2D eigenvalue weighted by molar-refractivity contribution is 6.00. The molecule has 9 heteroatoms. The van der Waals surface area contributed by atoms with Crippen molar-refractivity contribution >= 4 is 23.5 Å². The first-order valence-corrected chi connectivity index (χ1v) is 10.4. The number of nitrogens with zero attached hydrogens (tertiary/aromatic N) is 2. The molecule has 4 amide bonds. The number of aryl methyl sites for hydroxylation is 2. The van der Waals surface area contributed by atoms with Crippen LogP contribution in [0.4, 0.5) is 10.5 Å². The lowest BCUT2D eigenvalue weighted by molar-refractivity contribution is -0.127. The van der Waals surface area contributed by atoms with Crippen LogP contribution in [0.25, 0.3) is 0 Å². The minimum Gasteiger partial charge on any atom is -0.497 e. The first-order valence-electron chi connectivity index (χ1n) is 10.4. The summed E-state index contributed by atoms with van der Waals surface area (Å²) in [5.74, 6) is -0.290. The fourth-order valence-corrected chi connectivity index (χ4v) is 3.79. The summed E-state index contributed by atoms with van der Waals surface area (Å²) in [4.78, 5) is 42.0. The molecule has 1 unspecified atom stereocenters. The van der Waals surface area contributed by atoms with E-state index in [0.29, 0.717) is 17.0 Å². The predicted molar refractivity (Wildman–Crippen MR) is 122 cm³/mol. The van der Waals surface area contributed by atoms with Gasteiger partial charge in [0, 0.05) is 37.4 Å². The SMILES string of the molecule is COc1cccc(C(=O)N2CCN(C(=O)Nc3cc(C)cc(C)c3)C2C(=O)NCCN)c1. The molecular weight excluding hydrogens is 410 g/mol. The van der Waals surface area contributed by atoms with Crippen LogP contribution in [0.3, 0.4) is 0 Å². The van der Waals surface area contributed by atoms with Gasteiger partial charge in [0.25, 0.3) is 11.8 Å². The van der Waals surface area contributed by atoms with Crippen molar-refractivity contribution in [2.45, 2.75) is 20.0 Å². The third-order valence-electron chi connectivity index (χ3n) is 5.16. The Balaban J connectivity index is 1.86. The Hall–Kier alpha value is -3.59. The maximum absolute atomic E-state index is 13.2. The zero-order valence-electron chi connectivity index (χ0n) is 18.6. The molecule has 4 N–H and O–H groups in total. The number of ether oxygens (including phenoxy) is 1. The van der Waals surface area contributed by atoms with Gasteiger partial charge in [0.2, 0.25) is 0 Å². The van der Waals surface area contributed by atoms with E-state index >= 15 is 0 Å². The molecule has 0 radical (unpaired) electrons. The number of urea groups is 1. The molecular formula is C23H29N5O4. The van der Waals surface area contributed by atoms with Gasteiger partial charge in [-0.2, -0.15) is 0 Å². The van der Waals surface area contributed by atoms with Crippen LogP contribution >= 0.6 is 0 Å². The van der Waals surface area contributed by atoms with Crippen LogP contribution in [0, 0.1) is 13.8 Å². The van der Waals surface area contributed by atoms with E-state index < -0.39 is 18.1 Å². The maximum Gasteiger partial charge on any atom is 0.323 e. The van der Waals surface area contributed by atoms with Gasteiger partial charge in [0.15, 0.2) is 6.17 Å². The number of rotatable bonds is 6. The quantitative estimate of drug-likeness (QED) is 0.633. The van der Waals surface area contributed by atoms with Crippen molar-refractivity contribution in [1.82, 2.24) is 15.1 Å². The Labute approximate surface area is 187 Å². The normalized spacial score (nSPS) is 15.4. The lowest BCUT2D eigenvalue weighted by atomic mass is 10.1. The lowest BCUT2D eigenvalue weighted by Crippen LogP contribution is -2.55. The van der Waals surface area contributed by atoms with Gasteiger partial charge < -0.3 is 26.0 Å². The fourth-order valence-electron chi connectivity index (χ4n) is 3.79. The molecule has 2 aromatic carbocycles. The Kier molecular flexibility index (Phi) is 7.32. The second-order valence-electron chi connectivity index (χ2n) is 7.68. The van der Waals surface area contributed by atoms with Gasteiger partial charge in [-0.05, 0) is 55.3 Å². The van der Waals surface area contributed by atoms with Gasteiger partial charge in [0.05, 0.1) is 7.11 Å². The van der Waals surface area contributed by atoms with Gasteiger partial charge in [0.1, 0.15) is 5.75 Å². The number of benzene rings is 2. The van der Waals surface area contributed by atoms with Gasteiger partial charge in [-0.25, -0.2) is 4.79 Å². The van der Waals surface area contributed by atoms with E-state index in [4.69, 9.17) is 10.5 Å². The molecule has 9 nitrogen and oxygen atoms in total. The van der Waals surface area contributed by atoms with Crippen molar-refractivity contribution in [3.63, 3.8) is 0 Å². The number of hydrogen-bond acceptors (Lipinski definition) is 5. The Morgan fingerprint density at radius 2 is 1.75 bits per heavy atom. The minimum atomic E-state index is -1.09. The van der Waals surface area contributed by atoms with E-state index in [1.54, 1.807) is 24.3 Å². The van der Waals surface area contributed by atoms with Crippen molar-refractivity contribution in [3.05, 3.63) is 59.2 Å². The van der Waals surface area contributed by atoms with Gasteiger partial charge >= 0.3 is 6.03 Å². The molecule has 1 aliphatic heterocycles. The molecule has 1 heterocycles. The summed E-state index contributed by atoms with van der Waals surface area (Å²) >= 11 is 0. The zero-order valence-corrected chi connectivity index (χ0v) is 18.6. The van der Waals surface area contributed by atoms with Crippen LogP contribution in [0.1, 0.15) is 21.5 Å². The molecule has 32 heavy (non-hydrogen) atoms. The summed E-state index contributed by atoms with van der Waals surface area (Å²) in [6.45, 7) is 4.80. The van der Waals surface area contributed by atoms with E-state index in [2.05, 4.69) is 10.6 Å². The largest absolute Gasteiger partial charge is 0.497 e. The lowest BCUT2D eigenvalue weighted by Gasteiger charge is -2.29. The molecule has 0 bridgehead atoms. The molecule has 1 atom stereocenters. The predicted octanol–water partition coefficient (Wildman–Crippen LogP) is 1.70. The third kappa shape index (κ3) is 5.17. The summed E-state index contributed by atoms with van der Waals surface area (Å²) in [7, 11) is 1.52. The van der Waals surface area contributed by atoms with Crippen LogP contribution in [0.5, 0.6) is 5.75 Å². The number of carbonyl (C=O) groups is 3. The zero-order chi connectivity index (χ0) is 23.3. The number of anilines is 1. The summed E-state index contributed by atoms with van der Waals surface area (Å²) in [5.41, 5.74) is 8.54. The molecule has 0 saturated carbocycles. The standard InChI is InChI=1S/C23H29N5O4/c1-15-11-16(2)13-18(12-15)26-23(31)28-10-9-27(21(28)20(29)25-8-7-24)22(30)17-5-4-6-19(14-17)32-3/h4-6,11-14,21H,7-10,24H2,1-3H3,(H,25,29)(H,26,31). The molecule has 1 fully saturated rings. The summed E-state index contributed by atoms with van der Waals surface area (Å²) in [6.07, 6.45) is -1.09. The van der Waals surface area contributed by atoms with Crippen molar-refractivity contribution in [3.8, 4) is 5.75 Å². The highest BCUT2D eigenvalue weighted by Gasteiger charge is 2.43. The second kappa shape index (κ2) is 10.1. The van der Waals surface area contributed by atoms with Crippen molar-refractivity contribution in [2.24, 2.45) is 5.73 Å². The number of carbonyl (C=O) groups excluding carboxylic acids is 3. The van der Waals surface area contributed by atoms with E-state index in [-0.39, 0.29) is 32.1 Å². The van der Waals surface area contributed by atoms with Crippen molar-refractivity contribution < 1.29 is 19.1 Å². The fraction of sp³-hybridized carbons (Fsp3) is 0.348. The van der Waals surface area contributed by atoms with Crippen LogP contribution in [0.15, 0.2) is 42.5 Å². The summed E-state index contributed by atoms with van der Waals surface area (Å²) < 4.78 is 5.20. The van der Waals surface area contributed by atoms with Crippen molar-refractivity contribution in [1.29, 1.82) is 0 Å². The first kappa shape index (κ1) is 23.1. The second-order valence-corrected chi connectivity index (χ2v) is 7.68. The van der Waals surface area contributed by atoms with E-state index in [1.807, 2.05) is 32.0 Å². The number of methoxy groups -OCH3 is 1. The monoisotopic (exact) mass is 439 g/mol. The average Bonchev–Trinajstić information content (AvgIpc) is 3.21. The van der Waals surface area contributed by atoms with E-state index in [9.17, 15) is 14.4 Å². The van der Waals surface area contributed by atoms with E-state index in [1.165, 1.54) is 16.9 Å². The summed E-state index contributed by atoms with van der Waals surface area (Å²) in [6, 6.07) is 11.9. The van der Waals surface area contributed by atoms with Gasteiger partial charge in [-0.15, -0.1) is 0 Å². The van der Waals surface area contributed by atoms with Crippen molar-refractivity contribution in [2.75, 3.05) is 38.6 Å². The highest BCUT2D eigenvalue weighted by Crippen LogP contribution is 2.22. The smallest absolute Gasteiger partial charge is 0.323 e. The van der Waals surface area contributed by atoms with Gasteiger partial charge in [-0.3, -0.25) is 14.5 Å². The third-order valence-corrected chi connectivity index (χ3v) is 5.16. The molecule has 2 aromatic rings. The molecule has 0 aromatic heterocycles. The topological polar surface area (TPSA) is 117 Å². The first-order chi connectivity index (χ1) is 15.3. The molecule has 0 aliphatic carbocycles. The Bertz CT molecular complexity index is 989. The van der Waals surface area contributed by atoms with Crippen LogP contribution < -0.4 is 21.1 Å². The van der Waals surface area contributed by atoms with Crippen LogP contribution in [0.2, 0.25) is 0 Å². The van der Waals surface area contributed by atoms with Crippen LogP contribution in [-0.4, -0.2) is 67.1 Å². The van der Waals surface area contributed by atoms with Gasteiger partial charge in [-0.1, -0.05) is 12.1 Å². The number of hydrogen-bond donors (Lipinski definition) is 3. The maximum atomic E-state index is 13.2. The molecule has 170 valence electrons. The molecule has 1 saturated heterocycles. The summed E-state index contributed by atoms with van der Waals surface area (Å²) in [5, 5.41) is 5.54. The Morgan fingerprint density at radius 1 is 1.06 bits per heavy atom. The molecule has 0 spiro atoms. The highest BCUT2D eigenvalue weighted by atomic mass is 16.5. The molecule has 3 rings (SSSR count). The number of nitrogens with two attached hydrogens (primary N) is 1. The number of amides is 4. The van der Waals surface area contributed by atoms with Crippen LogP contribution in [-0.2, 0) is 4.79 Å². The minimum absolute atomic E-state index is 0.215. The van der Waals surface area contributed by atoms with E-state index in [0.717, 1.165) is 11.1 Å². The average molecular weight is 440 g/mol. The Morgan fingerprint density at radius 3 is 2.41 bits per heavy atom. The molecule has 1 aliphatic rings.